The van der Waals surface area contributed by atoms with Crippen molar-refractivity contribution in [3.8, 4) is 11.4 Å². The molecule has 0 aliphatic carbocycles. The van der Waals surface area contributed by atoms with Gasteiger partial charge in [0.25, 0.3) is 5.56 Å². The lowest BCUT2D eigenvalue weighted by Crippen LogP contribution is -2.19. The highest BCUT2D eigenvalue weighted by atomic mass is 32.2. The first-order chi connectivity index (χ1) is 14.2. The number of thioether (sulfide) groups is 1. The van der Waals surface area contributed by atoms with Crippen molar-refractivity contribution < 1.29 is 13.2 Å². The molecular formula is C20H16F3N5OS. The summed E-state index contributed by atoms with van der Waals surface area (Å²) in [5.41, 5.74) is 2.56. The first-order valence-electron chi connectivity index (χ1n) is 8.91. The first-order valence-corrected chi connectivity index (χ1v) is 9.90. The maximum atomic E-state index is 13.1. The van der Waals surface area contributed by atoms with Crippen molar-refractivity contribution in [1.82, 2.24) is 24.3 Å². The van der Waals surface area contributed by atoms with Crippen LogP contribution in [-0.4, -0.2) is 36.2 Å². The van der Waals surface area contributed by atoms with Crippen LogP contribution in [0.4, 0.5) is 13.2 Å². The van der Waals surface area contributed by atoms with Crippen LogP contribution in [0, 0.1) is 13.8 Å². The van der Waals surface area contributed by atoms with Gasteiger partial charge in [0.15, 0.2) is 5.65 Å². The van der Waals surface area contributed by atoms with Gasteiger partial charge in [-0.1, -0.05) is 6.07 Å². The smallest absolute Gasteiger partial charge is 0.268 e. The molecule has 0 fully saturated rings. The molecule has 30 heavy (non-hydrogen) atoms. The van der Waals surface area contributed by atoms with E-state index in [1.807, 2.05) is 0 Å². The molecule has 0 saturated heterocycles. The molecule has 0 radical (unpaired) electrons. The van der Waals surface area contributed by atoms with E-state index in [0.29, 0.717) is 33.4 Å². The van der Waals surface area contributed by atoms with Gasteiger partial charge in [0.05, 0.1) is 23.3 Å². The number of alkyl halides is 3. The molecule has 4 aromatic rings. The number of benzene rings is 1. The summed E-state index contributed by atoms with van der Waals surface area (Å²) in [7, 11) is 0. The molecule has 6 nitrogen and oxygen atoms in total. The third-order valence-electron chi connectivity index (χ3n) is 4.49. The highest BCUT2D eigenvalue weighted by molar-refractivity contribution is 7.99. The van der Waals surface area contributed by atoms with Crippen molar-refractivity contribution in [2.24, 2.45) is 0 Å². The van der Waals surface area contributed by atoms with E-state index in [2.05, 4.69) is 15.1 Å². The molecule has 0 unspecified atom stereocenters. The molecule has 0 spiro atoms. The average molecular weight is 431 g/mol. The zero-order valence-corrected chi connectivity index (χ0v) is 16.8. The molecule has 0 aliphatic heterocycles. The number of nitrogens with zero attached hydrogens (tertiary/aromatic N) is 5. The second-order valence-corrected chi connectivity index (χ2v) is 7.77. The van der Waals surface area contributed by atoms with Gasteiger partial charge in [0.1, 0.15) is 11.7 Å². The number of rotatable bonds is 4. The molecule has 10 heteroatoms. The van der Waals surface area contributed by atoms with E-state index in [4.69, 9.17) is 0 Å². The Hall–Kier alpha value is -3.14. The summed E-state index contributed by atoms with van der Waals surface area (Å²) in [5.74, 6) is -1.000. The van der Waals surface area contributed by atoms with Gasteiger partial charge < -0.3 is 0 Å². The fraction of sp³-hybridized carbons (Fsp3) is 0.200. The summed E-state index contributed by atoms with van der Waals surface area (Å²) in [6.07, 6.45) is 1.88. The van der Waals surface area contributed by atoms with E-state index < -0.39 is 11.9 Å². The fourth-order valence-corrected chi connectivity index (χ4v) is 3.90. The zero-order chi connectivity index (χ0) is 21.5. The van der Waals surface area contributed by atoms with Gasteiger partial charge in [0, 0.05) is 17.3 Å². The Balaban J connectivity index is 1.79. The number of aromatic nitrogens is 5. The number of hydrogen-bond donors (Lipinski definition) is 0. The van der Waals surface area contributed by atoms with Crippen molar-refractivity contribution in [1.29, 1.82) is 0 Å². The summed E-state index contributed by atoms with van der Waals surface area (Å²) < 4.78 is 40.8. The summed E-state index contributed by atoms with van der Waals surface area (Å²) in [6, 6.07) is 6.92. The monoisotopic (exact) mass is 431 g/mol. The maximum Gasteiger partial charge on any atom is 0.398 e. The molecule has 3 aromatic heterocycles. The second-order valence-electron chi connectivity index (χ2n) is 6.75. The van der Waals surface area contributed by atoms with E-state index in [0.717, 1.165) is 11.1 Å². The maximum absolute atomic E-state index is 13.1. The van der Waals surface area contributed by atoms with Gasteiger partial charge in [-0.2, -0.15) is 13.2 Å². The summed E-state index contributed by atoms with van der Waals surface area (Å²) >= 11 is 0.698. The molecule has 3 heterocycles. The van der Waals surface area contributed by atoms with Crippen LogP contribution in [0.1, 0.15) is 11.1 Å². The SMILES string of the molecule is Cc1cc(C)c(-n2cnc3nn(-c4cccnc4)cc3c2=O)cc1SCC(F)(F)F. The molecule has 0 saturated carbocycles. The molecule has 0 bridgehead atoms. The Morgan fingerprint density at radius 3 is 2.67 bits per heavy atom. The summed E-state index contributed by atoms with van der Waals surface area (Å²) in [5, 5.41) is 4.61. The molecule has 0 aliphatic rings. The number of aryl methyl sites for hydroxylation is 2. The topological polar surface area (TPSA) is 65.6 Å². The molecule has 0 atom stereocenters. The third-order valence-corrected chi connectivity index (χ3v) is 5.72. The van der Waals surface area contributed by atoms with Crippen molar-refractivity contribution in [2.45, 2.75) is 24.9 Å². The lowest BCUT2D eigenvalue weighted by atomic mass is 10.1. The minimum Gasteiger partial charge on any atom is -0.268 e. The van der Waals surface area contributed by atoms with Gasteiger partial charge >= 0.3 is 6.18 Å². The van der Waals surface area contributed by atoms with Crippen LogP contribution in [0.25, 0.3) is 22.4 Å². The van der Waals surface area contributed by atoms with Gasteiger partial charge in [-0.05, 0) is 43.2 Å². The van der Waals surface area contributed by atoms with E-state index in [1.54, 1.807) is 56.7 Å². The Kier molecular flexibility index (Phi) is 5.10. The van der Waals surface area contributed by atoms with Crippen LogP contribution in [0.15, 0.2) is 58.9 Å². The zero-order valence-electron chi connectivity index (χ0n) is 16.0. The number of halogens is 3. The minimum absolute atomic E-state index is 0.275. The first kappa shape index (κ1) is 20.1. The van der Waals surface area contributed by atoms with E-state index in [1.165, 1.54) is 15.6 Å². The molecule has 0 amide bonds. The molecule has 4 rings (SSSR count). The van der Waals surface area contributed by atoms with E-state index >= 15 is 0 Å². The van der Waals surface area contributed by atoms with Crippen molar-refractivity contribution in [3.63, 3.8) is 0 Å². The molecule has 1 aromatic carbocycles. The lowest BCUT2D eigenvalue weighted by molar-refractivity contribution is -0.105. The van der Waals surface area contributed by atoms with E-state index in [-0.39, 0.29) is 11.2 Å². The van der Waals surface area contributed by atoms with E-state index in [9.17, 15) is 18.0 Å². The predicted molar refractivity (Wildman–Crippen MR) is 109 cm³/mol. The number of pyridine rings is 1. The lowest BCUT2D eigenvalue weighted by Gasteiger charge is -2.14. The van der Waals surface area contributed by atoms with Crippen molar-refractivity contribution in [2.75, 3.05) is 5.75 Å². The normalized spacial score (nSPS) is 11.9. The van der Waals surface area contributed by atoms with Crippen LogP contribution in [0.5, 0.6) is 0 Å². The third kappa shape index (κ3) is 3.95. The van der Waals surface area contributed by atoms with Crippen molar-refractivity contribution >= 4 is 22.8 Å². The fourth-order valence-electron chi connectivity index (χ4n) is 3.10. The summed E-state index contributed by atoms with van der Waals surface area (Å²) in [4.78, 5) is 21.9. The van der Waals surface area contributed by atoms with Gasteiger partial charge in [-0.3, -0.25) is 14.3 Å². The molecular weight excluding hydrogens is 415 g/mol. The van der Waals surface area contributed by atoms with Crippen molar-refractivity contribution in [3.05, 3.63) is 70.7 Å². The van der Waals surface area contributed by atoms with Crippen LogP contribution in [0.3, 0.4) is 0 Å². The van der Waals surface area contributed by atoms with Crippen LogP contribution in [0.2, 0.25) is 0 Å². The number of hydrogen-bond acceptors (Lipinski definition) is 5. The van der Waals surface area contributed by atoms with Crippen LogP contribution < -0.4 is 5.56 Å². The molecule has 0 N–H and O–H groups in total. The van der Waals surface area contributed by atoms with Gasteiger partial charge in [-0.15, -0.1) is 16.9 Å². The minimum atomic E-state index is -4.28. The van der Waals surface area contributed by atoms with Gasteiger partial charge in [-0.25, -0.2) is 9.67 Å². The number of fused-ring (bicyclic) bond motifs is 1. The van der Waals surface area contributed by atoms with Gasteiger partial charge in [0.2, 0.25) is 0 Å². The largest absolute Gasteiger partial charge is 0.398 e. The Bertz CT molecular complexity index is 1280. The predicted octanol–water partition coefficient (Wildman–Crippen LogP) is 4.24. The highest BCUT2D eigenvalue weighted by Gasteiger charge is 2.27. The Morgan fingerprint density at radius 2 is 1.97 bits per heavy atom. The highest BCUT2D eigenvalue weighted by Crippen LogP contribution is 2.32. The summed E-state index contributed by atoms with van der Waals surface area (Å²) in [6.45, 7) is 3.55. The molecule has 154 valence electrons. The average Bonchev–Trinajstić information content (AvgIpc) is 3.13. The Labute approximate surface area is 173 Å². The second kappa shape index (κ2) is 7.60. The Morgan fingerprint density at radius 1 is 1.17 bits per heavy atom. The van der Waals surface area contributed by atoms with Crippen LogP contribution in [-0.2, 0) is 0 Å². The van der Waals surface area contributed by atoms with Crippen LogP contribution >= 0.6 is 11.8 Å². The standard InChI is InChI=1S/C20H16F3N5OS/c1-12-6-13(2)17(30-10-20(21,22)23)7-16(12)27-11-25-18-15(19(27)29)9-28(26-18)14-4-3-5-24-8-14/h3-9,11H,10H2,1-2H3. The quantitative estimate of drug-likeness (QED) is 0.452.